The van der Waals surface area contributed by atoms with Crippen molar-refractivity contribution in [3.63, 3.8) is 0 Å². The molecule has 2 rings (SSSR count). The van der Waals surface area contributed by atoms with E-state index in [0.29, 0.717) is 5.56 Å². The highest BCUT2D eigenvalue weighted by Gasteiger charge is 2.38. The smallest absolute Gasteiger partial charge is 0.330 e. The fourth-order valence-corrected chi connectivity index (χ4v) is 1.74. The average molecular weight is 243 g/mol. The standard InChI is InChI=1S/C10H14N2O5/c1-5-3-12(10(15)11-8(5)14)9-7(16-2)6(13)4-17-9/h3,6-7,9,13H,4H2,1-2H3,(H,11,14,15)/t6-,7-,9-/m1/s1/i4D/t4-,6-,7-,9-. The van der Waals surface area contributed by atoms with Gasteiger partial charge in [0.15, 0.2) is 6.23 Å². The summed E-state index contributed by atoms with van der Waals surface area (Å²) in [4.78, 5) is 25.1. The summed E-state index contributed by atoms with van der Waals surface area (Å²) in [5.74, 6) is 0. The zero-order valence-corrected chi connectivity index (χ0v) is 9.41. The normalized spacial score (nSPS) is 33.7. The van der Waals surface area contributed by atoms with Crippen LogP contribution in [0, 0.1) is 6.92 Å². The molecule has 0 aliphatic carbocycles. The van der Waals surface area contributed by atoms with Crippen LogP contribution in [-0.2, 0) is 9.47 Å². The number of nitrogens with zero attached hydrogens (tertiary/aromatic N) is 1. The Labute approximate surface area is 98.0 Å². The summed E-state index contributed by atoms with van der Waals surface area (Å²) >= 11 is 0. The van der Waals surface area contributed by atoms with Crippen molar-refractivity contribution in [1.29, 1.82) is 0 Å². The maximum Gasteiger partial charge on any atom is 0.330 e. The molecule has 1 fully saturated rings. The van der Waals surface area contributed by atoms with E-state index in [1.54, 1.807) is 6.92 Å². The first kappa shape index (κ1) is 10.7. The molecular weight excluding hydrogens is 228 g/mol. The minimum Gasteiger partial charge on any atom is -0.388 e. The Hall–Kier alpha value is -1.44. The molecule has 0 amide bonds. The van der Waals surface area contributed by atoms with E-state index in [9.17, 15) is 14.7 Å². The zero-order valence-electron chi connectivity index (χ0n) is 10.4. The lowest BCUT2D eigenvalue weighted by atomic mass is 10.2. The van der Waals surface area contributed by atoms with Gasteiger partial charge in [-0.25, -0.2) is 4.79 Å². The number of aliphatic hydroxyl groups is 1. The highest BCUT2D eigenvalue weighted by Crippen LogP contribution is 2.24. The Morgan fingerprint density at radius 3 is 3.06 bits per heavy atom. The molecule has 0 unspecified atom stereocenters. The summed E-state index contributed by atoms with van der Waals surface area (Å²) in [5, 5.41) is 9.68. The minimum absolute atomic E-state index is 0.330. The van der Waals surface area contributed by atoms with Gasteiger partial charge < -0.3 is 14.6 Å². The molecule has 2 N–H and O–H groups in total. The maximum absolute atomic E-state index is 11.7. The van der Waals surface area contributed by atoms with Crippen LogP contribution in [0.25, 0.3) is 0 Å². The lowest BCUT2D eigenvalue weighted by Crippen LogP contribution is -2.39. The number of aromatic nitrogens is 2. The van der Waals surface area contributed by atoms with Crippen LogP contribution in [0.5, 0.6) is 0 Å². The van der Waals surface area contributed by atoms with Crippen LogP contribution in [0.15, 0.2) is 15.8 Å². The number of hydrogen-bond donors (Lipinski definition) is 2. The number of aromatic amines is 1. The molecule has 1 aliphatic rings. The second-order valence-electron chi connectivity index (χ2n) is 3.83. The van der Waals surface area contributed by atoms with Crippen LogP contribution < -0.4 is 11.2 Å². The van der Waals surface area contributed by atoms with Crippen molar-refractivity contribution >= 4 is 0 Å². The van der Waals surface area contributed by atoms with E-state index >= 15 is 0 Å². The quantitative estimate of drug-likeness (QED) is 0.677. The molecule has 1 aromatic rings. The highest BCUT2D eigenvalue weighted by molar-refractivity contribution is 5.02. The van der Waals surface area contributed by atoms with Gasteiger partial charge in [-0.3, -0.25) is 14.3 Å². The van der Waals surface area contributed by atoms with Crippen LogP contribution in [0.1, 0.15) is 13.2 Å². The molecule has 17 heavy (non-hydrogen) atoms. The number of aliphatic hydroxyl groups excluding tert-OH is 1. The van der Waals surface area contributed by atoms with Crippen molar-refractivity contribution in [3.8, 4) is 0 Å². The SMILES string of the molecule is [2H][C@H]1O[C@@H](n2cc(C)c(=O)[nH]c2=O)[C@H](OC)[C@@H]1O. The monoisotopic (exact) mass is 243 g/mol. The third-order valence-electron chi connectivity index (χ3n) is 2.67. The topological polar surface area (TPSA) is 93.6 Å². The number of aryl methyl sites for hydroxylation is 1. The Kier molecular flexibility index (Phi) is 2.79. The third-order valence-corrected chi connectivity index (χ3v) is 2.67. The van der Waals surface area contributed by atoms with Crippen molar-refractivity contribution in [2.45, 2.75) is 25.4 Å². The number of H-pyrrole nitrogens is 1. The molecule has 7 nitrogen and oxygen atoms in total. The summed E-state index contributed by atoms with van der Waals surface area (Å²) < 4.78 is 18.8. The van der Waals surface area contributed by atoms with Crippen LogP contribution in [0.4, 0.5) is 0 Å². The van der Waals surface area contributed by atoms with Crippen molar-refractivity contribution in [3.05, 3.63) is 32.6 Å². The Bertz CT molecular complexity index is 554. The lowest BCUT2D eigenvalue weighted by Gasteiger charge is -2.20. The lowest BCUT2D eigenvalue weighted by molar-refractivity contribution is -0.0454. The first-order valence-corrected chi connectivity index (χ1v) is 5.06. The molecule has 4 atom stereocenters. The third kappa shape index (κ3) is 2.04. The molecular formula is C10H14N2O5. The van der Waals surface area contributed by atoms with E-state index in [2.05, 4.69) is 4.98 Å². The molecule has 1 aromatic heterocycles. The van der Waals surface area contributed by atoms with E-state index in [-0.39, 0.29) is 0 Å². The van der Waals surface area contributed by atoms with Gasteiger partial charge in [0.2, 0.25) is 0 Å². The second-order valence-corrected chi connectivity index (χ2v) is 3.83. The van der Waals surface area contributed by atoms with Crippen LogP contribution >= 0.6 is 0 Å². The van der Waals surface area contributed by atoms with Crippen molar-refractivity contribution in [1.82, 2.24) is 9.55 Å². The Balaban J connectivity index is 2.46. The van der Waals surface area contributed by atoms with Gasteiger partial charge >= 0.3 is 5.69 Å². The molecule has 1 saturated heterocycles. The summed E-state index contributed by atoms with van der Waals surface area (Å²) in [5.41, 5.74) is -0.818. The van der Waals surface area contributed by atoms with Gasteiger partial charge in [0.1, 0.15) is 12.2 Å². The van der Waals surface area contributed by atoms with E-state index in [4.69, 9.17) is 10.8 Å². The van der Waals surface area contributed by atoms with Crippen LogP contribution in [-0.4, -0.2) is 40.6 Å². The van der Waals surface area contributed by atoms with Gasteiger partial charge in [0.25, 0.3) is 5.56 Å². The minimum atomic E-state index is -1.20. The van der Waals surface area contributed by atoms with Gasteiger partial charge in [-0.15, -0.1) is 0 Å². The summed E-state index contributed by atoms with van der Waals surface area (Å²) in [6.45, 7) is 0.347. The molecule has 2 heterocycles. The molecule has 0 saturated carbocycles. The van der Waals surface area contributed by atoms with Gasteiger partial charge in [0, 0.05) is 18.9 Å². The molecule has 0 spiro atoms. The first-order chi connectivity index (χ1) is 8.45. The summed E-state index contributed by atoms with van der Waals surface area (Å²) in [6.07, 6.45) is -1.60. The maximum atomic E-state index is 11.7. The fourth-order valence-electron chi connectivity index (χ4n) is 1.74. The summed E-state index contributed by atoms with van der Waals surface area (Å²) in [6, 6.07) is 0. The average Bonchev–Trinajstić information content (AvgIpc) is 2.60. The predicted octanol–water partition coefficient (Wildman–Crippen LogP) is -1.25. The van der Waals surface area contributed by atoms with Crippen molar-refractivity contribution in [2.75, 3.05) is 13.7 Å². The van der Waals surface area contributed by atoms with Gasteiger partial charge in [-0.1, -0.05) is 0 Å². The van der Waals surface area contributed by atoms with Crippen LogP contribution in [0.3, 0.4) is 0 Å². The molecule has 1 aliphatic heterocycles. The van der Waals surface area contributed by atoms with E-state index in [1.165, 1.54) is 13.3 Å². The van der Waals surface area contributed by atoms with Gasteiger partial charge in [-0.05, 0) is 6.92 Å². The van der Waals surface area contributed by atoms with E-state index in [1.807, 2.05) is 0 Å². The Morgan fingerprint density at radius 2 is 2.41 bits per heavy atom. The predicted molar refractivity (Wildman–Crippen MR) is 57.9 cm³/mol. The van der Waals surface area contributed by atoms with E-state index in [0.717, 1.165) is 4.57 Å². The number of methoxy groups -OCH3 is 1. The van der Waals surface area contributed by atoms with Crippen LogP contribution in [0.2, 0.25) is 0 Å². The number of hydrogen-bond acceptors (Lipinski definition) is 5. The van der Waals surface area contributed by atoms with Gasteiger partial charge in [0.05, 0.1) is 7.95 Å². The van der Waals surface area contributed by atoms with E-state index < -0.39 is 36.3 Å². The summed E-state index contributed by atoms with van der Waals surface area (Å²) in [7, 11) is 1.35. The molecule has 0 bridgehead atoms. The largest absolute Gasteiger partial charge is 0.388 e. The zero-order chi connectivity index (χ0) is 13.4. The highest BCUT2D eigenvalue weighted by atomic mass is 16.6. The Morgan fingerprint density at radius 1 is 1.71 bits per heavy atom. The van der Waals surface area contributed by atoms with Gasteiger partial charge in [-0.2, -0.15) is 0 Å². The molecule has 0 radical (unpaired) electrons. The fraction of sp³-hybridized carbons (Fsp3) is 0.600. The molecule has 7 heteroatoms. The molecule has 94 valence electrons. The van der Waals surface area contributed by atoms with Crippen molar-refractivity contribution in [2.24, 2.45) is 0 Å². The molecule has 0 aromatic carbocycles. The number of rotatable bonds is 2. The number of ether oxygens (including phenoxy) is 2. The number of nitrogens with one attached hydrogen (secondary N) is 1. The first-order valence-electron chi connectivity index (χ1n) is 5.64. The second kappa shape index (κ2) is 4.44. The van der Waals surface area contributed by atoms with Crippen molar-refractivity contribution < 1.29 is 16.0 Å².